The highest BCUT2D eigenvalue weighted by atomic mass is 32.2. The van der Waals surface area contributed by atoms with Crippen LogP contribution < -0.4 is 11.3 Å². The highest BCUT2D eigenvalue weighted by Gasteiger charge is 2.24. The summed E-state index contributed by atoms with van der Waals surface area (Å²) in [5.41, 5.74) is 9.25. The lowest BCUT2D eigenvalue weighted by Crippen LogP contribution is -2.28. The molecular formula is C39H56N6O7S. The van der Waals surface area contributed by atoms with Crippen LogP contribution in [0.5, 0.6) is 0 Å². The monoisotopic (exact) mass is 752 g/mol. The second-order valence-corrected chi connectivity index (χ2v) is 13.9. The van der Waals surface area contributed by atoms with Gasteiger partial charge >= 0.3 is 11.9 Å². The lowest BCUT2D eigenvalue weighted by atomic mass is 9.79. The molecule has 2 saturated carbocycles. The number of carbonyl (C=O) groups is 4. The normalized spacial score (nSPS) is 13.2. The molecule has 0 aliphatic heterocycles. The number of hydrazine groups is 1. The van der Waals surface area contributed by atoms with Gasteiger partial charge in [-0.2, -0.15) is 5.10 Å². The molecule has 2 aromatic carbocycles. The third kappa shape index (κ3) is 13.7. The summed E-state index contributed by atoms with van der Waals surface area (Å²) in [6, 6.07) is 7.87. The van der Waals surface area contributed by atoms with E-state index in [1.54, 1.807) is 6.92 Å². The summed E-state index contributed by atoms with van der Waals surface area (Å²) >= 11 is 1.41. The molecule has 5 rings (SSSR count). The molecule has 0 spiro atoms. The standard InChI is InChI=1S/C18H23N3O2.C16H21NO2S.C3H8N2O.C2H4O2/c1-4-16-19-17(21-20-16)15-10-14(18(22)23-3)11(2)8-13(15)9-12-6-5-7-12;1-10-7-12(8-11-5-4-6-11)14(15(17)20-3)9-13(10)16(18)19-2;1-2-3(6)5-4;1-2(3)4/h8,10,12H,4-7,9H2,1-3H3,(H,19,20,21);7,9,11,17H,4-6,8H2,1-3H3;2,4H2,1H3,(H,5,6);1H3,(H,3,4). The van der Waals surface area contributed by atoms with Crippen LogP contribution in [0.3, 0.4) is 0 Å². The second kappa shape index (κ2) is 22.5. The summed E-state index contributed by atoms with van der Waals surface area (Å²) < 4.78 is 9.72. The summed E-state index contributed by atoms with van der Waals surface area (Å²) in [6.45, 7) is 8.75. The van der Waals surface area contributed by atoms with E-state index in [2.05, 4.69) is 33.2 Å². The molecule has 1 heterocycles. The number of nitrogens with one attached hydrogen (secondary N) is 3. The number of methoxy groups -OCH3 is 2. The molecule has 290 valence electrons. The van der Waals surface area contributed by atoms with E-state index in [0.717, 1.165) is 66.1 Å². The third-order valence-electron chi connectivity index (χ3n) is 9.22. The molecule has 0 saturated heterocycles. The summed E-state index contributed by atoms with van der Waals surface area (Å²) in [5, 5.41) is 23.3. The van der Waals surface area contributed by atoms with Gasteiger partial charge in [0.15, 0.2) is 5.82 Å². The zero-order chi connectivity index (χ0) is 39.7. The van der Waals surface area contributed by atoms with Gasteiger partial charge in [0.25, 0.3) is 5.97 Å². The number of amides is 1. The maximum absolute atomic E-state index is 12.0. The van der Waals surface area contributed by atoms with E-state index < -0.39 is 5.97 Å². The fraction of sp³-hybridized carbons (Fsp3) is 0.513. The zero-order valence-electron chi connectivity index (χ0n) is 32.3. The van der Waals surface area contributed by atoms with Crippen molar-refractivity contribution >= 4 is 40.6 Å². The predicted molar refractivity (Wildman–Crippen MR) is 208 cm³/mol. The average molecular weight is 753 g/mol. The molecule has 1 aromatic heterocycles. The number of hydrogen-bond acceptors (Lipinski definition) is 11. The van der Waals surface area contributed by atoms with Crippen LogP contribution in [-0.2, 0) is 38.3 Å². The van der Waals surface area contributed by atoms with Gasteiger partial charge in [-0.15, -0.1) is 11.8 Å². The predicted octanol–water partition coefficient (Wildman–Crippen LogP) is 6.76. The Bertz CT molecular complexity index is 1710. The van der Waals surface area contributed by atoms with Crippen LogP contribution in [0.1, 0.15) is 120 Å². The molecule has 0 bridgehead atoms. The lowest BCUT2D eigenvalue weighted by Gasteiger charge is -2.26. The first-order valence-electron chi connectivity index (χ1n) is 17.9. The Balaban J connectivity index is 0.000000295. The number of esters is 2. The number of hydrogen-bond donors (Lipinski definition) is 5. The molecule has 13 nitrogen and oxygen atoms in total. The summed E-state index contributed by atoms with van der Waals surface area (Å²) in [4.78, 5) is 47.3. The molecule has 2 fully saturated rings. The number of carboxylic acid groups (broad SMARTS) is 1. The number of aryl methyl sites for hydroxylation is 3. The summed E-state index contributed by atoms with van der Waals surface area (Å²) in [5.74, 6) is 6.08. The quantitative estimate of drug-likeness (QED) is 0.0365. The first kappa shape index (κ1) is 44.6. The number of rotatable bonds is 10. The molecule has 0 radical (unpaired) electrons. The Morgan fingerprint density at radius 3 is 1.77 bits per heavy atom. The number of aromatic amines is 1. The van der Waals surface area contributed by atoms with Crippen molar-refractivity contribution in [2.24, 2.45) is 17.7 Å². The fourth-order valence-electron chi connectivity index (χ4n) is 5.75. The molecule has 1 amide bonds. The Hall–Kier alpha value is -4.56. The van der Waals surface area contributed by atoms with Crippen LogP contribution >= 0.6 is 11.8 Å². The lowest BCUT2D eigenvalue weighted by molar-refractivity contribution is -0.134. The Labute approximate surface area is 317 Å². The number of nitrogens with zero attached hydrogens (tertiary/aromatic N) is 2. The van der Waals surface area contributed by atoms with Crippen molar-refractivity contribution in [1.29, 1.82) is 5.41 Å². The van der Waals surface area contributed by atoms with Gasteiger partial charge in [-0.1, -0.05) is 64.5 Å². The van der Waals surface area contributed by atoms with Crippen molar-refractivity contribution in [2.45, 2.75) is 98.8 Å². The van der Waals surface area contributed by atoms with E-state index in [-0.39, 0.29) is 17.8 Å². The van der Waals surface area contributed by atoms with Crippen molar-refractivity contribution in [3.8, 4) is 11.4 Å². The van der Waals surface area contributed by atoms with Crippen LogP contribution in [0.2, 0.25) is 0 Å². The minimum Gasteiger partial charge on any atom is -0.481 e. The number of aromatic nitrogens is 3. The van der Waals surface area contributed by atoms with Gasteiger partial charge in [0, 0.05) is 30.9 Å². The van der Waals surface area contributed by atoms with E-state index in [9.17, 15) is 14.4 Å². The molecule has 53 heavy (non-hydrogen) atoms. The summed E-state index contributed by atoms with van der Waals surface area (Å²) in [7, 11) is 2.80. The van der Waals surface area contributed by atoms with Crippen LogP contribution in [0, 0.1) is 31.1 Å². The number of H-pyrrole nitrogens is 1. The topological polar surface area (TPSA) is 210 Å². The number of carboxylic acids is 1. The van der Waals surface area contributed by atoms with Gasteiger partial charge in [-0.3, -0.25) is 25.5 Å². The number of benzene rings is 2. The van der Waals surface area contributed by atoms with E-state index in [0.29, 0.717) is 28.4 Å². The molecule has 3 aromatic rings. The van der Waals surface area contributed by atoms with Gasteiger partial charge in [-0.25, -0.2) is 20.4 Å². The van der Waals surface area contributed by atoms with E-state index in [1.807, 2.05) is 44.6 Å². The van der Waals surface area contributed by atoms with E-state index in [1.165, 1.54) is 75.6 Å². The molecule has 2 aliphatic rings. The van der Waals surface area contributed by atoms with E-state index in [4.69, 9.17) is 24.8 Å². The van der Waals surface area contributed by atoms with Crippen LogP contribution in [0.15, 0.2) is 24.3 Å². The van der Waals surface area contributed by atoms with Gasteiger partial charge in [0.05, 0.1) is 30.4 Å². The van der Waals surface area contributed by atoms with Crippen molar-refractivity contribution < 1.29 is 33.8 Å². The highest BCUT2D eigenvalue weighted by molar-refractivity contribution is 8.13. The highest BCUT2D eigenvalue weighted by Crippen LogP contribution is 2.35. The van der Waals surface area contributed by atoms with Gasteiger partial charge in [0.1, 0.15) is 5.82 Å². The maximum atomic E-state index is 12.0. The minimum atomic E-state index is -0.833. The van der Waals surface area contributed by atoms with Gasteiger partial charge in [-0.05, 0) is 79.2 Å². The van der Waals surface area contributed by atoms with Crippen molar-refractivity contribution in [2.75, 3.05) is 20.5 Å². The largest absolute Gasteiger partial charge is 0.481 e. The van der Waals surface area contributed by atoms with E-state index >= 15 is 0 Å². The van der Waals surface area contributed by atoms with Crippen LogP contribution in [-0.4, -0.2) is 69.6 Å². The van der Waals surface area contributed by atoms with Crippen molar-refractivity contribution in [1.82, 2.24) is 20.6 Å². The number of thioether (sulfide) groups is 1. The van der Waals surface area contributed by atoms with Gasteiger partial charge < -0.3 is 14.6 Å². The van der Waals surface area contributed by atoms with Gasteiger partial charge in [0.2, 0.25) is 5.91 Å². The fourth-order valence-corrected chi connectivity index (χ4v) is 6.16. The molecule has 0 atom stereocenters. The molecule has 6 N–H and O–H groups in total. The SMILES string of the molecule is CC(=O)O.CCC(=O)NN.CCc1nc(-c2cc(C(=O)OC)c(C)cc2CC2CCC2)n[nH]1.COC(=O)c1cc(C(=N)SC)c(CC2CCC2)cc1C. The van der Waals surface area contributed by atoms with Crippen LogP contribution in [0.4, 0.5) is 0 Å². The number of nitrogens with two attached hydrogens (primary N) is 1. The number of ether oxygens (including phenoxy) is 2. The first-order chi connectivity index (χ1) is 25.2. The molecular weight excluding hydrogens is 697 g/mol. The molecule has 0 unspecified atom stereocenters. The summed E-state index contributed by atoms with van der Waals surface area (Å²) in [6.07, 6.45) is 13.0. The van der Waals surface area contributed by atoms with Crippen LogP contribution in [0.25, 0.3) is 11.4 Å². The van der Waals surface area contributed by atoms with Crippen molar-refractivity contribution in [3.05, 3.63) is 69.0 Å². The Kier molecular flexibility index (Phi) is 18.9. The number of aliphatic carboxylic acids is 1. The Morgan fingerprint density at radius 2 is 1.40 bits per heavy atom. The third-order valence-corrected chi connectivity index (χ3v) is 9.84. The second-order valence-electron chi connectivity index (χ2n) is 13.1. The molecule has 2 aliphatic carbocycles. The maximum Gasteiger partial charge on any atom is 0.338 e. The Morgan fingerprint density at radius 1 is 0.906 bits per heavy atom. The smallest absolute Gasteiger partial charge is 0.338 e. The zero-order valence-corrected chi connectivity index (χ0v) is 33.1. The average Bonchev–Trinajstić information content (AvgIpc) is 3.59. The number of carbonyl (C=O) groups excluding carboxylic acids is 3. The minimum absolute atomic E-state index is 0.130. The first-order valence-corrected chi connectivity index (χ1v) is 19.1. The van der Waals surface area contributed by atoms with Crippen molar-refractivity contribution in [3.63, 3.8) is 0 Å². The molecule has 14 heteroatoms.